The maximum absolute atomic E-state index is 11.7. The van der Waals surface area contributed by atoms with Gasteiger partial charge in [-0.15, -0.1) is 0 Å². The molecule has 3 atom stereocenters. The molecule has 2 saturated heterocycles. The molecule has 0 unspecified atom stereocenters. The fraction of sp³-hybridized carbons (Fsp3) is 0.348. The smallest absolute Gasteiger partial charge is 0.178 e. The number of nitrogens with zero attached hydrogens (tertiary/aromatic N) is 5. The zero-order chi connectivity index (χ0) is 21.4. The molecule has 8 heteroatoms. The van der Waals surface area contributed by atoms with Crippen LogP contribution in [0.1, 0.15) is 35.2 Å². The molecule has 2 bridgehead atoms. The van der Waals surface area contributed by atoms with E-state index in [0.717, 1.165) is 42.9 Å². The van der Waals surface area contributed by atoms with Crippen molar-refractivity contribution in [1.29, 1.82) is 0 Å². The number of rotatable bonds is 5. The molecular formula is C23H23ClN6O. The molecule has 0 aromatic carbocycles. The van der Waals surface area contributed by atoms with Crippen molar-refractivity contribution in [2.24, 2.45) is 5.92 Å². The van der Waals surface area contributed by atoms with Crippen LogP contribution >= 0.6 is 11.6 Å². The molecule has 158 valence electrons. The van der Waals surface area contributed by atoms with Gasteiger partial charge in [0.15, 0.2) is 12.1 Å². The summed E-state index contributed by atoms with van der Waals surface area (Å²) in [6.07, 6.45) is 9.23. The van der Waals surface area contributed by atoms with Crippen LogP contribution in [0.5, 0.6) is 0 Å². The van der Waals surface area contributed by atoms with Crippen LogP contribution in [0.25, 0.3) is 11.5 Å². The Morgan fingerprint density at radius 2 is 2.03 bits per heavy atom. The Hall–Kier alpha value is -3.06. The number of aromatic nitrogens is 4. The van der Waals surface area contributed by atoms with Gasteiger partial charge in [-0.3, -0.25) is 4.79 Å². The summed E-state index contributed by atoms with van der Waals surface area (Å²) in [4.78, 5) is 32.1. The molecule has 5 heterocycles. The minimum absolute atomic E-state index is 0.268. The number of aryl methyl sites for hydroxylation is 1. The monoisotopic (exact) mass is 434 g/mol. The highest BCUT2D eigenvalue weighted by Crippen LogP contribution is 2.40. The first kappa shape index (κ1) is 19.9. The van der Waals surface area contributed by atoms with Crippen LogP contribution in [-0.2, 0) is 0 Å². The fourth-order valence-corrected chi connectivity index (χ4v) is 4.96. The molecule has 0 radical (unpaired) electrons. The maximum atomic E-state index is 11.7. The highest BCUT2D eigenvalue weighted by Gasteiger charge is 2.42. The fourth-order valence-electron chi connectivity index (χ4n) is 4.85. The van der Waals surface area contributed by atoms with Crippen LogP contribution in [-0.4, -0.2) is 44.9 Å². The molecule has 1 saturated carbocycles. The lowest BCUT2D eigenvalue weighted by Crippen LogP contribution is -2.58. The normalized spacial score (nSPS) is 22.4. The van der Waals surface area contributed by atoms with Crippen molar-refractivity contribution in [3.05, 3.63) is 59.0 Å². The summed E-state index contributed by atoms with van der Waals surface area (Å²) in [5.41, 5.74) is 2.02. The Morgan fingerprint density at radius 3 is 2.74 bits per heavy atom. The molecule has 0 amide bonds. The second-order valence-electron chi connectivity index (χ2n) is 8.27. The molecule has 3 fully saturated rings. The Labute approximate surface area is 185 Å². The Bertz CT molecular complexity index is 1090. The van der Waals surface area contributed by atoms with E-state index < -0.39 is 0 Å². The second kappa shape index (κ2) is 8.23. The SMILES string of the molecule is Cc1cc(C=O)c(-c2ncccn2)nc1N1C[C@@H]2CC[C@H]1[C@H](Nc1ccc(Cl)cn1)C2. The van der Waals surface area contributed by atoms with E-state index in [1.807, 2.05) is 25.1 Å². The van der Waals surface area contributed by atoms with Gasteiger partial charge in [0, 0.05) is 36.7 Å². The average Bonchev–Trinajstić information content (AvgIpc) is 2.81. The van der Waals surface area contributed by atoms with Crippen LogP contribution in [0.15, 0.2) is 42.9 Å². The van der Waals surface area contributed by atoms with E-state index in [1.165, 1.54) is 6.42 Å². The third-order valence-corrected chi connectivity index (χ3v) is 6.45. The summed E-state index contributed by atoms with van der Waals surface area (Å²) in [5, 5.41) is 4.24. The number of pyridine rings is 2. The molecule has 3 aliphatic rings. The predicted molar refractivity (Wildman–Crippen MR) is 121 cm³/mol. The third-order valence-electron chi connectivity index (χ3n) is 6.23. The third kappa shape index (κ3) is 3.85. The van der Waals surface area contributed by atoms with Crippen molar-refractivity contribution in [1.82, 2.24) is 19.9 Å². The average molecular weight is 435 g/mol. The number of piperidine rings is 2. The lowest BCUT2D eigenvalue weighted by Gasteiger charge is -2.51. The maximum Gasteiger partial charge on any atom is 0.178 e. The molecule has 1 N–H and O–H groups in total. The highest BCUT2D eigenvalue weighted by molar-refractivity contribution is 6.30. The van der Waals surface area contributed by atoms with E-state index in [-0.39, 0.29) is 6.04 Å². The Kier molecular flexibility index (Phi) is 5.28. The molecule has 1 aliphatic carbocycles. The van der Waals surface area contributed by atoms with Gasteiger partial charge in [0.05, 0.1) is 11.1 Å². The molecule has 6 rings (SSSR count). The van der Waals surface area contributed by atoms with E-state index in [4.69, 9.17) is 16.6 Å². The van der Waals surface area contributed by atoms with E-state index >= 15 is 0 Å². The molecule has 31 heavy (non-hydrogen) atoms. The van der Waals surface area contributed by atoms with Gasteiger partial charge in [0.1, 0.15) is 17.3 Å². The standard InChI is InChI=1S/C23H23ClN6O/c1-14-9-16(13-31)21(22-25-7-2-8-26-22)29-23(14)30-12-15-3-5-19(30)18(10-15)28-20-6-4-17(24)11-27-20/h2,4,6-9,11,13,15,18-19H,3,5,10,12H2,1H3,(H,27,28)/t15-,18-,19+/m1/s1. The topological polar surface area (TPSA) is 83.9 Å². The minimum atomic E-state index is 0.268. The summed E-state index contributed by atoms with van der Waals surface area (Å²) in [6, 6.07) is 7.98. The predicted octanol–water partition coefficient (Wildman–Crippen LogP) is 4.18. The van der Waals surface area contributed by atoms with Crippen molar-refractivity contribution in [3.8, 4) is 11.5 Å². The quantitative estimate of drug-likeness (QED) is 0.603. The Morgan fingerprint density at radius 1 is 1.19 bits per heavy atom. The zero-order valence-corrected chi connectivity index (χ0v) is 18.0. The molecular weight excluding hydrogens is 412 g/mol. The van der Waals surface area contributed by atoms with Crippen LogP contribution in [0.3, 0.4) is 0 Å². The van der Waals surface area contributed by atoms with E-state index in [0.29, 0.717) is 34.1 Å². The van der Waals surface area contributed by atoms with Gasteiger partial charge < -0.3 is 10.2 Å². The lowest BCUT2D eigenvalue weighted by atomic mass is 9.76. The zero-order valence-electron chi connectivity index (χ0n) is 17.2. The van der Waals surface area contributed by atoms with Crippen molar-refractivity contribution in [2.45, 2.75) is 38.3 Å². The molecule has 7 nitrogen and oxygen atoms in total. The van der Waals surface area contributed by atoms with Gasteiger partial charge in [-0.25, -0.2) is 19.9 Å². The molecule has 0 spiro atoms. The van der Waals surface area contributed by atoms with Gasteiger partial charge in [-0.2, -0.15) is 0 Å². The Balaban J connectivity index is 1.49. The van der Waals surface area contributed by atoms with Gasteiger partial charge in [-0.1, -0.05) is 11.6 Å². The number of fused-ring (bicyclic) bond motifs is 3. The van der Waals surface area contributed by atoms with Crippen LogP contribution in [0.2, 0.25) is 5.02 Å². The van der Waals surface area contributed by atoms with Gasteiger partial charge >= 0.3 is 0 Å². The number of nitrogens with one attached hydrogen (secondary N) is 1. The first-order valence-corrected chi connectivity index (χ1v) is 10.9. The minimum Gasteiger partial charge on any atom is -0.365 e. The van der Waals surface area contributed by atoms with E-state index in [1.54, 1.807) is 24.7 Å². The van der Waals surface area contributed by atoms with Gasteiger partial charge in [0.2, 0.25) is 0 Å². The molecule has 2 aliphatic heterocycles. The lowest BCUT2D eigenvalue weighted by molar-refractivity contribution is 0.112. The molecule has 3 aromatic rings. The first-order chi connectivity index (χ1) is 15.1. The van der Waals surface area contributed by atoms with Gasteiger partial charge in [-0.05, 0) is 61.9 Å². The second-order valence-corrected chi connectivity index (χ2v) is 8.70. The highest BCUT2D eigenvalue weighted by atomic mass is 35.5. The van der Waals surface area contributed by atoms with Crippen molar-refractivity contribution in [2.75, 3.05) is 16.8 Å². The number of carbonyl (C=O) groups is 1. The van der Waals surface area contributed by atoms with E-state index in [9.17, 15) is 4.79 Å². The van der Waals surface area contributed by atoms with Gasteiger partial charge in [0.25, 0.3) is 0 Å². The first-order valence-electron chi connectivity index (χ1n) is 10.5. The van der Waals surface area contributed by atoms with Crippen LogP contribution < -0.4 is 10.2 Å². The van der Waals surface area contributed by atoms with Crippen molar-refractivity contribution in [3.63, 3.8) is 0 Å². The number of hydrogen-bond donors (Lipinski definition) is 1. The molecule has 3 aromatic heterocycles. The van der Waals surface area contributed by atoms with Crippen LogP contribution in [0, 0.1) is 12.8 Å². The summed E-state index contributed by atoms with van der Waals surface area (Å²) in [7, 11) is 0. The van der Waals surface area contributed by atoms with Crippen molar-refractivity contribution >= 4 is 29.5 Å². The summed E-state index contributed by atoms with van der Waals surface area (Å²) in [5.74, 6) is 2.78. The summed E-state index contributed by atoms with van der Waals surface area (Å²) < 4.78 is 0. The number of aldehydes is 1. The number of carbonyl (C=O) groups excluding carboxylic acids is 1. The van der Waals surface area contributed by atoms with Crippen molar-refractivity contribution < 1.29 is 4.79 Å². The largest absolute Gasteiger partial charge is 0.365 e. The van der Waals surface area contributed by atoms with Crippen LogP contribution in [0.4, 0.5) is 11.6 Å². The number of hydrogen-bond acceptors (Lipinski definition) is 7. The van der Waals surface area contributed by atoms with E-state index in [2.05, 4.69) is 25.2 Å². The number of halogens is 1. The summed E-state index contributed by atoms with van der Waals surface area (Å²) >= 11 is 5.99. The summed E-state index contributed by atoms with van der Waals surface area (Å²) in [6.45, 7) is 2.97. The number of anilines is 2.